The number of amides is 1. The Labute approximate surface area is 171 Å². The molecule has 1 amide bonds. The Balaban J connectivity index is 1.93. The van der Waals surface area contributed by atoms with Crippen LogP contribution in [0.5, 0.6) is 0 Å². The van der Waals surface area contributed by atoms with Crippen LogP contribution in [0.4, 0.5) is 5.69 Å². The zero-order chi connectivity index (χ0) is 21.3. The lowest BCUT2D eigenvalue weighted by molar-refractivity contribution is 0.0993. The standard InChI is InChI=1S/C22H29N5O2/c1-12(2)14-6-8-15(9-7-14)25-20(28)19-13(3)18-16(26-27-21(23)24)10-22(4,5)11-17(18)29-19/h6-9,12H,10-11H2,1-5H3,(H,25,28)(H4,23,24,27)/b26-16-. The summed E-state index contributed by atoms with van der Waals surface area (Å²) >= 11 is 0. The van der Waals surface area contributed by atoms with Crippen molar-refractivity contribution in [2.24, 2.45) is 27.1 Å². The molecule has 7 nitrogen and oxygen atoms in total. The van der Waals surface area contributed by atoms with Crippen LogP contribution in [0.15, 0.2) is 38.9 Å². The fourth-order valence-electron chi connectivity index (χ4n) is 3.67. The second-order valence-corrected chi connectivity index (χ2v) is 8.67. The first-order valence-corrected chi connectivity index (χ1v) is 9.77. The van der Waals surface area contributed by atoms with Crippen LogP contribution >= 0.6 is 0 Å². The van der Waals surface area contributed by atoms with Gasteiger partial charge in [0.2, 0.25) is 5.96 Å². The van der Waals surface area contributed by atoms with E-state index in [1.165, 1.54) is 5.56 Å². The molecule has 154 valence electrons. The average Bonchev–Trinajstić information content (AvgIpc) is 2.95. The second-order valence-electron chi connectivity index (χ2n) is 8.67. The quantitative estimate of drug-likeness (QED) is 0.413. The summed E-state index contributed by atoms with van der Waals surface area (Å²) in [5, 5.41) is 11.0. The molecule has 1 aromatic heterocycles. The molecule has 0 fully saturated rings. The number of hydrogen-bond donors (Lipinski definition) is 3. The highest BCUT2D eigenvalue weighted by Gasteiger charge is 2.36. The van der Waals surface area contributed by atoms with Crippen LogP contribution in [-0.4, -0.2) is 17.6 Å². The number of furan rings is 1. The molecular weight excluding hydrogens is 366 g/mol. The van der Waals surface area contributed by atoms with E-state index in [1.54, 1.807) is 0 Å². The molecule has 5 N–H and O–H groups in total. The van der Waals surface area contributed by atoms with Gasteiger partial charge in [-0.3, -0.25) is 4.79 Å². The Morgan fingerprint density at radius 3 is 2.41 bits per heavy atom. The lowest BCUT2D eigenvalue weighted by atomic mass is 9.75. The van der Waals surface area contributed by atoms with Gasteiger partial charge in [0.25, 0.3) is 5.91 Å². The first-order chi connectivity index (χ1) is 13.6. The van der Waals surface area contributed by atoms with E-state index in [0.717, 1.165) is 28.3 Å². The first kappa shape index (κ1) is 20.6. The minimum atomic E-state index is -0.284. The third kappa shape index (κ3) is 4.50. The van der Waals surface area contributed by atoms with E-state index in [-0.39, 0.29) is 23.0 Å². The van der Waals surface area contributed by atoms with E-state index in [4.69, 9.17) is 15.9 Å². The number of nitrogens with two attached hydrogens (primary N) is 2. The number of benzene rings is 1. The summed E-state index contributed by atoms with van der Waals surface area (Å²) in [4.78, 5) is 12.9. The van der Waals surface area contributed by atoms with Gasteiger partial charge in [-0.2, -0.15) is 5.10 Å². The smallest absolute Gasteiger partial charge is 0.291 e. The second kappa shape index (κ2) is 7.73. The zero-order valence-corrected chi connectivity index (χ0v) is 17.7. The number of guanidine groups is 1. The van der Waals surface area contributed by atoms with E-state index in [0.29, 0.717) is 18.8 Å². The zero-order valence-electron chi connectivity index (χ0n) is 17.7. The van der Waals surface area contributed by atoms with Crippen molar-refractivity contribution in [2.75, 3.05) is 5.32 Å². The predicted molar refractivity (Wildman–Crippen MR) is 116 cm³/mol. The van der Waals surface area contributed by atoms with Crippen molar-refractivity contribution in [3.05, 3.63) is 52.5 Å². The monoisotopic (exact) mass is 395 g/mol. The van der Waals surface area contributed by atoms with Gasteiger partial charge in [0, 0.05) is 23.2 Å². The molecule has 1 aliphatic carbocycles. The minimum Gasteiger partial charge on any atom is -0.455 e. The molecule has 1 heterocycles. The normalized spacial score (nSPS) is 16.6. The van der Waals surface area contributed by atoms with Crippen molar-refractivity contribution < 1.29 is 9.21 Å². The first-order valence-electron chi connectivity index (χ1n) is 9.77. The largest absolute Gasteiger partial charge is 0.455 e. The number of nitrogens with one attached hydrogen (secondary N) is 1. The molecule has 2 aromatic rings. The Hall–Kier alpha value is -3.09. The van der Waals surface area contributed by atoms with Crippen molar-refractivity contribution in [3.8, 4) is 0 Å². The molecule has 3 rings (SSSR count). The van der Waals surface area contributed by atoms with Crippen molar-refractivity contribution in [2.45, 2.75) is 53.4 Å². The van der Waals surface area contributed by atoms with Crippen molar-refractivity contribution >= 4 is 23.3 Å². The number of carbonyl (C=O) groups excluding carboxylic acids is 1. The molecule has 0 spiro atoms. The van der Waals surface area contributed by atoms with E-state index < -0.39 is 0 Å². The topological polar surface area (TPSA) is 119 Å². The highest BCUT2D eigenvalue weighted by atomic mass is 16.4. The molecule has 0 aliphatic heterocycles. The Kier molecular flexibility index (Phi) is 5.50. The number of nitrogens with zero attached hydrogens (tertiary/aromatic N) is 2. The highest BCUT2D eigenvalue weighted by Crippen LogP contribution is 2.39. The number of fused-ring (bicyclic) bond motifs is 1. The maximum Gasteiger partial charge on any atom is 0.291 e. The van der Waals surface area contributed by atoms with Crippen molar-refractivity contribution in [1.82, 2.24) is 0 Å². The molecule has 0 saturated heterocycles. The number of hydrogen-bond acceptors (Lipinski definition) is 4. The molecule has 1 aliphatic rings. The molecule has 0 unspecified atom stereocenters. The van der Waals surface area contributed by atoms with Gasteiger partial charge in [-0.25, -0.2) is 0 Å². The Bertz CT molecular complexity index is 977. The molecule has 0 bridgehead atoms. The van der Waals surface area contributed by atoms with Crippen LogP contribution in [0.1, 0.15) is 73.0 Å². The van der Waals surface area contributed by atoms with Gasteiger partial charge in [0.15, 0.2) is 5.76 Å². The van der Waals surface area contributed by atoms with Gasteiger partial charge >= 0.3 is 0 Å². The van der Waals surface area contributed by atoms with Crippen molar-refractivity contribution in [3.63, 3.8) is 0 Å². The number of anilines is 1. The SMILES string of the molecule is Cc1c(C(=O)Nc2ccc(C(C)C)cc2)oc2c1/C(=N\N=C(N)N)CC(C)(C)C2. The molecule has 0 saturated carbocycles. The van der Waals surface area contributed by atoms with Gasteiger partial charge < -0.3 is 21.2 Å². The third-order valence-electron chi connectivity index (χ3n) is 5.12. The fraction of sp³-hybridized carbons (Fsp3) is 0.409. The molecule has 7 heteroatoms. The summed E-state index contributed by atoms with van der Waals surface area (Å²) in [6, 6.07) is 7.84. The van der Waals surface area contributed by atoms with Crippen LogP contribution in [0.2, 0.25) is 0 Å². The van der Waals surface area contributed by atoms with Crippen LogP contribution in [-0.2, 0) is 6.42 Å². The molecular formula is C22H29N5O2. The van der Waals surface area contributed by atoms with E-state index in [9.17, 15) is 4.79 Å². The summed E-state index contributed by atoms with van der Waals surface area (Å²) in [7, 11) is 0. The summed E-state index contributed by atoms with van der Waals surface area (Å²) in [5.74, 6) is 1.08. The summed E-state index contributed by atoms with van der Waals surface area (Å²) < 4.78 is 6.00. The third-order valence-corrected chi connectivity index (χ3v) is 5.12. The summed E-state index contributed by atoms with van der Waals surface area (Å²) in [6.45, 7) is 10.4. The van der Waals surface area contributed by atoms with Crippen LogP contribution < -0.4 is 16.8 Å². The molecule has 29 heavy (non-hydrogen) atoms. The predicted octanol–water partition coefficient (Wildman–Crippen LogP) is 3.91. The minimum absolute atomic E-state index is 0.0740. The molecule has 0 atom stereocenters. The van der Waals surface area contributed by atoms with Gasteiger partial charge in [0.05, 0.1) is 5.71 Å². The van der Waals surface area contributed by atoms with Crippen LogP contribution in [0.3, 0.4) is 0 Å². The van der Waals surface area contributed by atoms with E-state index in [2.05, 4.69) is 43.2 Å². The molecule has 1 aromatic carbocycles. The fourth-order valence-corrected chi connectivity index (χ4v) is 3.67. The van der Waals surface area contributed by atoms with Gasteiger partial charge in [0.1, 0.15) is 5.76 Å². The van der Waals surface area contributed by atoms with E-state index in [1.807, 2.05) is 31.2 Å². The Morgan fingerprint density at radius 1 is 1.17 bits per heavy atom. The van der Waals surface area contributed by atoms with Crippen molar-refractivity contribution in [1.29, 1.82) is 0 Å². The summed E-state index contributed by atoms with van der Waals surface area (Å²) in [5.41, 5.74) is 15.0. The van der Waals surface area contributed by atoms with Crippen LogP contribution in [0, 0.1) is 12.3 Å². The highest BCUT2D eigenvalue weighted by molar-refractivity contribution is 6.09. The maximum atomic E-state index is 12.9. The van der Waals surface area contributed by atoms with Gasteiger partial charge in [-0.05, 0) is 42.4 Å². The number of rotatable bonds is 4. The lowest BCUT2D eigenvalue weighted by Gasteiger charge is -2.29. The van der Waals surface area contributed by atoms with Crippen LogP contribution in [0.25, 0.3) is 0 Å². The van der Waals surface area contributed by atoms with Gasteiger partial charge in [-0.15, -0.1) is 5.10 Å². The van der Waals surface area contributed by atoms with Gasteiger partial charge in [-0.1, -0.05) is 39.8 Å². The number of carbonyl (C=O) groups is 1. The molecule has 0 radical (unpaired) electrons. The van der Waals surface area contributed by atoms with E-state index >= 15 is 0 Å². The maximum absolute atomic E-state index is 12.9. The summed E-state index contributed by atoms with van der Waals surface area (Å²) in [6.07, 6.45) is 1.40. The average molecular weight is 396 g/mol. The lowest BCUT2D eigenvalue weighted by Crippen LogP contribution is -2.27. The Morgan fingerprint density at radius 2 is 1.83 bits per heavy atom.